The van der Waals surface area contributed by atoms with Crippen LogP contribution < -0.4 is 5.06 Å². The van der Waals surface area contributed by atoms with Gasteiger partial charge in [-0.25, -0.2) is 0 Å². The molecule has 1 N–H and O–H groups in total. The number of nitrogens with one attached hydrogen (secondary N) is 1. The van der Waals surface area contributed by atoms with Crippen LogP contribution in [-0.2, 0) is 4.79 Å². The van der Waals surface area contributed by atoms with E-state index in [0.29, 0.717) is 26.2 Å². The summed E-state index contributed by atoms with van der Waals surface area (Å²) < 4.78 is 0. The van der Waals surface area contributed by atoms with Crippen LogP contribution in [0.5, 0.6) is 0 Å². The van der Waals surface area contributed by atoms with E-state index in [9.17, 15) is 10.0 Å². The standard InChI is InChI=1S/C6H12N2O2/c1-6(9)7-2-4-8(10)5-3-7/h8H,2-5H2,1H3. The average molecular weight is 144 g/mol. The molecule has 0 aromatic heterocycles. The Morgan fingerprint density at radius 1 is 1.50 bits per heavy atom. The molecule has 4 heteroatoms. The Labute approximate surface area is 60.0 Å². The summed E-state index contributed by atoms with van der Waals surface area (Å²) in [5.41, 5.74) is 0. The minimum absolute atomic E-state index is 0.0764. The molecule has 1 aliphatic rings. The van der Waals surface area contributed by atoms with Gasteiger partial charge in [-0.1, -0.05) is 0 Å². The van der Waals surface area contributed by atoms with Crippen LogP contribution in [0.3, 0.4) is 0 Å². The third kappa shape index (κ3) is 1.68. The van der Waals surface area contributed by atoms with Gasteiger partial charge in [0.05, 0.1) is 26.2 Å². The van der Waals surface area contributed by atoms with E-state index in [0.717, 1.165) is 0 Å². The van der Waals surface area contributed by atoms with Crippen molar-refractivity contribution in [3.05, 3.63) is 5.21 Å². The predicted molar refractivity (Wildman–Crippen MR) is 36.3 cm³/mol. The summed E-state index contributed by atoms with van der Waals surface area (Å²) in [5.74, 6) is 0.0764. The highest BCUT2D eigenvalue weighted by atomic mass is 16.5. The smallest absolute Gasteiger partial charge is 0.219 e. The van der Waals surface area contributed by atoms with Gasteiger partial charge in [-0.2, -0.15) is 0 Å². The highest BCUT2D eigenvalue weighted by Crippen LogP contribution is 1.88. The van der Waals surface area contributed by atoms with Crippen LogP contribution in [0.4, 0.5) is 0 Å². The fourth-order valence-electron chi connectivity index (χ4n) is 1.07. The normalized spacial score (nSPS) is 21.2. The van der Waals surface area contributed by atoms with Crippen molar-refractivity contribution < 1.29 is 9.86 Å². The summed E-state index contributed by atoms with van der Waals surface area (Å²) in [4.78, 5) is 12.4. The van der Waals surface area contributed by atoms with Gasteiger partial charge in [0.2, 0.25) is 5.91 Å². The molecule has 0 bridgehead atoms. The Hall–Kier alpha value is -0.610. The Morgan fingerprint density at radius 3 is 2.40 bits per heavy atom. The highest BCUT2D eigenvalue weighted by Gasteiger charge is 2.15. The fraction of sp³-hybridized carbons (Fsp3) is 0.833. The summed E-state index contributed by atoms with van der Waals surface area (Å²) in [6, 6.07) is 0. The van der Waals surface area contributed by atoms with Gasteiger partial charge in [-0.05, 0) is 0 Å². The number of carbonyl (C=O) groups is 1. The van der Waals surface area contributed by atoms with E-state index >= 15 is 0 Å². The molecule has 4 nitrogen and oxygen atoms in total. The van der Waals surface area contributed by atoms with Gasteiger partial charge >= 0.3 is 0 Å². The molecule has 1 aliphatic heterocycles. The molecule has 0 radical (unpaired) electrons. The molecular weight excluding hydrogens is 132 g/mol. The first-order valence-corrected chi connectivity index (χ1v) is 3.47. The van der Waals surface area contributed by atoms with Gasteiger partial charge in [0.25, 0.3) is 0 Å². The summed E-state index contributed by atoms with van der Waals surface area (Å²) >= 11 is 0. The van der Waals surface area contributed by atoms with Gasteiger partial charge in [-0.3, -0.25) is 4.79 Å². The highest BCUT2D eigenvalue weighted by molar-refractivity contribution is 5.73. The zero-order valence-electron chi connectivity index (χ0n) is 6.09. The van der Waals surface area contributed by atoms with Crippen molar-refractivity contribution >= 4 is 5.91 Å². The van der Waals surface area contributed by atoms with Gasteiger partial charge in [0, 0.05) is 6.92 Å². The lowest BCUT2D eigenvalue weighted by atomic mass is 10.3. The van der Waals surface area contributed by atoms with E-state index in [1.165, 1.54) is 6.92 Å². The SMILES string of the molecule is CC(=O)N1CC[NH+]([O-])CC1. The zero-order valence-corrected chi connectivity index (χ0v) is 6.09. The second kappa shape index (κ2) is 2.98. The number of quaternary nitrogens is 1. The van der Waals surface area contributed by atoms with Crippen LogP contribution in [0.1, 0.15) is 6.92 Å². The molecule has 1 rings (SSSR count). The van der Waals surface area contributed by atoms with Gasteiger partial charge in [0.1, 0.15) is 0 Å². The molecule has 10 heavy (non-hydrogen) atoms. The van der Waals surface area contributed by atoms with Gasteiger partial charge in [0.15, 0.2) is 0 Å². The van der Waals surface area contributed by atoms with Crippen molar-refractivity contribution in [1.82, 2.24) is 4.90 Å². The monoisotopic (exact) mass is 144 g/mol. The molecule has 0 aliphatic carbocycles. The van der Waals surface area contributed by atoms with Crippen molar-refractivity contribution in [2.45, 2.75) is 6.92 Å². The number of carbonyl (C=O) groups excluding carboxylic acids is 1. The molecule has 0 aromatic carbocycles. The third-order valence-electron chi connectivity index (χ3n) is 1.77. The van der Waals surface area contributed by atoms with E-state index in [2.05, 4.69) is 0 Å². The quantitative estimate of drug-likeness (QED) is 0.409. The molecule has 1 amide bonds. The van der Waals surface area contributed by atoms with Gasteiger partial charge in [-0.15, -0.1) is 0 Å². The number of rotatable bonds is 0. The summed E-state index contributed by atoms with van der Waals surface area (Å²) in [7, 11) is 0. The second-order valence-corrected chi connectivity index (χ2v) is 2.54. The fourth-order valence-corrected chi connectivity index (χ4v) is 1.07. The van der Waals surface area contributed by atoms with Crippen molar-refractivity contribution in [2.75, 3.05) is 26.2 Å². The second-order valence-electron chi connectivity index (χ2n) is 2.54. The van der Waals surface area contributed by atoms with Crippen molar-refractivity contribution in [1.29, 1.82) is 0 Å². The molecule has 0 aromatic rings. The number of amides is 1. The first kappa shape index (κ1) is 7.50. The molecule has 0 unspecified atom stereocenters. The van der Waals surface area contributed by atoms with E-state index in [4.69, 9.17) is 0 Å². The van der Waals surface area contributed by atoms with Crippen LogP contribution in [0.15, 0.2) is 0 Å². The number of hydroxylamine groups is 2. The Kier molecular flexibility index (Phi) is 2.24. The topological polar surface area (TPSA) is 47.8 Å². The zero-order chi connectivity index (χ0) is 7.56. The van der Waals surface area contributed by atoms with E-state index in [1.54, 1.807) is 4.90 Å². The first-order valence-electron chi connectivity index (χ1n) is 3.47. The third-order valence-corrected chi connectivity index (χ3v) is 1.77. The molecule has 1 fully saturated rings. The van der Waals surface area contributed by atoms with E-state index in [1.807, 2.05) is 0 Å². The average Bonchev–Trinajstić information content (AvgIpc) is 1.88. The molecule has 0 saturated carbocycles. The minimum Gasteiger partial charge on any atom is -0.634 e. The van der Waals surface area contributed by atoms with E-state index < -0.39 is 0 Å². The Bertz CT molecular complexity index is 130. The summed E-state index contributed by atoms with van der Waals surface area (Å²) in [6.07, 6.45) is 0. The van der Waals surface area contributed by atoms with Crippen LogP contribution in [-0.4, -0.2) is 37.0 Å². The Balaban J connectivity index is 2.33. The van der Waals surface area contributed by atoms with Crippen molar-refractivity contribution in [3.63, 3.8) is 0 Å². The van der Waals surface area contributed by atoms with Crippen LogP contribution in [0.2, 0.25) is 0 Å². The lowest BCUT2D eigenvalue weighted by molar-refractivity contribution is -0.852. The number of hydrogen-bond donors (Lipinski definition) is 1. The first-order chi connectivity index (χ1) is 4.70. The minimum atomic E-state index is 0.0764. The Morgan fingerprint density at radius 2 is 2.00 bits per heavy atom. The van der Waals surface area contributed by atoms with Gasteiger partial charge < -0.3 is 15.2 Å². The van der Waals surface area contributed by atoms with Crippen LogP contribution in [0, 0.1) is 5.21 Å². The number of piperazine rings is 1. The predicted octanol–water partition coefficient (Wildman–Crippen LogP) is -1.77. The summed E-state index contributed by atoms with van der Waals surface area (Å²) in [5, 5.41) is 11.0. The molecule has 58 valence electrons. The van der Waals surface area contributed by atoms with Crippen molar-refractivity contribution in [3.8, 4) is 0 Å². The maximum Gasteiger partial charge on any atom is 0.219 e. The molecule has 1 saturated heterocycles. The number of nitrogens with zero attached hydrogens (tertiary/aromatic N) is 1. The lowest BCUT2D eigenvalue weighted by Crippen LogP contribution is -3.10. The molecule has 1 heterocycles. The molecular formula is C6H12N2O2. The molecule has 0 spiro atoms. The maximum atomic E-state index is 10.7. The number of hydrogen-bond acceptors (Lipinski definition) is 2. The lowest BCUT2D eigenvalue weighted by Gasteiger charge is -2.33. The van der Waals surface area contributed by atoms with E-state index in [-0.39, 0.29) is 11.0 Å². The molecule has 0 atom stereocenters. The largest absolute Gasteiger partial charge is 0.634 e. The maximum absolute atomic E-state index is 10.7. The van der Waals surface area contributed by atoms with Crippen LogP contribution in [0.25, 0.3) is 0 Å². The van der Waals surface area contributed by atoms with Crippen LogP contribution >= 0.6 is 0 Å². The summed E-state index contributed by atoms with van der Waals surface area (Å²) in [6.45, 7) is 3.86. The van der Waals surface area contributed by atoms with Crippen molar-refractivity contribution in [2.24, 2.45) is 0 Å².